The Bertz CT molecular complexity index is 760. The molecule has 0 saturated carbocycles. The molecule has 0 aromatic heterocycles. The molecule has 3 rings (SSSR count). The van der Waals surface area contributed by atoms with Crippen LogP contribution in [-0.4, -0.2) is 17.4 Å². The molecule has 0 aliphatic heterocycles. The van der Waals surface area contributed by atoms with Crippen molar-refractivity contribution in [2.75, 3.05) is 6.16 Å². The maximum Gasteiger partial charge on any atom is 0.112 e. The quantitative estimate of drug-likeness (QED) is 0.270. The van der Waals surface area contributed by atoms with Crippen LogP contribution < -0.4 is 15.9 Å². The lowest BCUT2D eigenvalue weighted by Crippen LogP contribution is -2.33. The average molecular weight is 404 g/mol. The molecule has 0 amide bonds. The van der Waals surface area contributed by atoms with Crippen LogP contribution in [0.4, 0.5) is 0 Å². The van der Waals surface area contributed by atoms with Gasteiger partial charge < -0.3 is 5.11 Å². The topological polar surface area (TPSA) is 20.2 Å². The second-order valence-corrected chi connectivity index (χ2v) is 11.2. The van der Waals surface area contributed by atoms with Crippen LogP contribution in [0.3, 0.4) is 0 Å². The predicted molar refractivity (Wildman–Crippen MR) is 129 cm³/mol. The van der Waals surface area contributed by atoms with Gasteiger partial charge in [-0.1, -0.05) is 66.7 Å². The number of aliphatic hydroxyl groups excluding tert-OH is 1. The van der Waals surface area contributed by atoms with Crippen LogP contribution in [0, 0.1) is 0 Å². The Morgan fingerprint density at radius 2 is 1.10 bits per heavy atom. The van der Waals surface area contributed by atoms with E-state index in [1.807, 2.05) is 6.92 Å². The molecule has 0 unspecified atom stereocenters. The molecular weight excluding hydrogens is 371 g/mol. The SMILES string of the molecule is C[C@H](O)CCC/C=C\CC[P+](c1ccccc1)(c1ccccc1)c1ccccc1. The molecule has 3 aromatic carbocycles. The maximum absolute atomic E-state index is 9.42. The summed E-state index contributed by atoms with van der Waals surface area (Å²) in [5, 5.41) is 13.8. The number of unbranched alkanes of at least 4 members (excludes halogenated alkanes) is 1. The Morgan fingerprint density at radius 3 is 1.52 bits per heavy atom. The van der Waals surface area contributed by atoms with Gasteiger partial charge in [-0.05, 0) is 62.6 Å². The molecule has 2 heteroatoms. The van der Waals surface area contributed by atoms with Gasteiger partial charge in [0, 0.05) is 6.42 Å². The number of rotatable bonds is 10. The number of aliphatic hydroxyl groups is 1. The molecule has 0 aliphatic carbocycles. The number of hydrogen-bond donors (Lipinski definition) is 1. The minimum Gasteiger partial charge on any atom is -0.393 e. The summed E-state index contributed by atoms with van der Waals surface area (Å²) >= 11 is 0. The highest BCUT2D eigenvalue weighted by atomic mass is 31.2. The van der Waals surface area contributed by atoms with Crippen LogP contribution in [0.5, 0.6) is 0 Å². The van der Waals surface area contributed by atoms with Gasteiger partial charge in [-0.25, -0.2) is 0 Å². The molecule has 0 aliphatic rings. The van der Waals surface area contributed by atoms with Crippen molar-refractivity contribution in [2.45, 2.75) is 38.7 Å². The van der Waals surface area contributed by atoms with Crippen LogP contribution >= 0.6 is 7.26 Å². The molecule has 29 heavy (non-hydrogen) atoms. The fourth-order valence-corrected chi connectivity index (χ4v) is 8.17. The molecule has 0 heterocycles. The summed E-state index contributed by atoms with van der Waals surface area (Å²) in [5.74, 6) is 0. The first kappa shape index (κ1) is 21.5. The summed E-state index contributed by atoms with van der Waals surface area (Å²) in [5.41, 5.74) is 0. The Balaban J connectivity index is 1.92. The van der Waals surface area contributed by atoms with Crippen molar-refractivity contribution < 1.29 is 5.11 Å². The second kappa shape index (κ2) is 11.1. The zero-order valence-electron chi connectivity index (χ0n) is 17.3. The second-order valence-electron chi connectivity index (χ2n) is 7.58. The highest BCUT2D eigenvalue weighted by Gasteiger charge is 2.44. The molecule has 1 nitrogen and oxygen atoms in total. The molecular formula is C27H32OP+. The van der Waals surface area contributed by atoms with E-state index in [1.165, 1.54) is 15.9 Å². The van der Waals surface area contributed by atoms with Gasteiger partial charge in [0.25, 0.3) is 0 Å². The molecule has 1 atom stereocenters. The van der Waals surface area contributed by atoms with Crippen molar-refractivity contribution in [3.05, 3.63) is 103 Å². The van der Waals surface area contributed by atoms with Crippen LogP contribution in [0.2, 0.25) is 0 Å². The summed E-state index contributed by atoms with van der Waals surface area (Å²) in [6.07, 6.45) is 9.57. The van der Waals surface area contributed by atoms with E-state index in [4.69, 9.17) is 0 Å². The lowest BCUT2D eigenvalue weighted by atomic mass is 10.1. The van der Waals surface area contributed by atoms with E-state index < -0.39 is 7.26 Å². The van der Waals surface area contributed by atoms with Gasteiger partial charge in [0.15, 0.2) is 0 Å². The average Bonchev–Trinajstić information content (AvgIpc) is 2.77. The lowest BCUT2D eigenvalue weighted by Gasteiger charge is -2.27. The van der Waals surface area contributed by atoms with Crippen molar-refractivity contribution >= 4 is 23.2 Å². The molecule has 0 bridgehead atoms. The lowest BCUT2D eigenvalue weighted by molar-refractivity contribution is 0.182. The third-order valence-corrected chi connectivity index (χ3v) is 9.85. The Morgan fingerprint density at radius 1 is 0.690 bits per heavy atom. The molecule has 1 N–H and O–H groups in total. The van der Waals surface area contributed by atoms with Crippen molar-refractivity contribution in [2.24, 2.45) is 0 Å². The standard InChI is InChI=1S/C27H32OP/c1-24(28)16-8-3-2-4-15-23-29(25-17-9-5-10-18-25,26-19-11-6-12-20-26)27-21-13-7-14-22-27/h2,4-7,9-14,17-22,24,28H,3,8,15-16,23H2,1H3/q+1/b4-2-/t24-/m0/s1. The first-order chi connectivity index (χ1) is 14.2. The van der Waals surface area contributed by atoms with Crippen molar-refractivity contribution in [1.29, 1.82) is 0 Å². The van der Waals surface area contributed by atoms with E-state index in [0.29, 0.717) is 0 Å². The third-order valence-electron chi connectivity index (χ3n) is 5.38. The van der Waals surface area contributed by atoms with Gasteiger partial charge in [0.1, 0.15) is 23.2 Å². The molecule has 3 aromatic rings. The molecule has 0 saturated heterocycles. The Kier molecular flexibility index (Phi) is 8.23. The van der Waals surface area contributed by atoms with Gasteiger partial charge in [-0.3, -0.25) is 0 Å². The van der Waals surface area contributed by atoms with E-state index in [0.717, 1.165) is 31.8 Å². The minimum atomic E-state index is -1.72. The summed E-state index contributed by atoms with van der Waals surface area (Å²) in [4.78, 5) is 0. The minimum absolute atomic E-state index is 0.198. The maximum atomic E-state index is 9.42. The van der Waals surface area contributed by atoms with Crippen LogP contribution in [0.25, 0.3) is 0 Å². The molecule has 0 fully saturated rings. The fraction of sp³-hybridized carbons (Fsp3) is 0.259. The summed E-state index contributed by atoms with van der Waals surface area (Å²) in [6, 6.07) is 33.2. The molecule has 150 valence electrons. The summed E-state index contributed by atoms with van der Waals surface area (Å²) in [7, 11) is -1.72. The zero-order chi connectivity index (χ0) is 20.4. The normalized spacial score (nSPS) is 12.9. The highest BCUT2D eigenvalue weighted by molar-refractivity contribution is 7.95. The summed E-state index contributed by atoms with van der Waals surface area (Å²) in [6.45, 7) is 1.86. The fourth-order valence-electron chi connectivity index (χ4n) is 3.92. The van der Waals surface area contributed by atoms with E-state index >= 15 is 0 Å². The van der Waals surface area contributed by atoms with Crippen molar-refractivity contribution in [1.82, 2.24) is 0 Å². The molecule has 0 spiro atoms. The van der Waals surface area contributed by atoms with Gasteiger partial charge in [-0.15, -0.1) is 0 Å². The first-order valence-electron chi connectivity index (χ1n) is 10.6. The van der Waals surface area contributed by atoms with Crippen LogP contribution in [0.15, 0.2) is 103 Å². The van der Waals surface area contributed by atoms with Crippen molar-refractivity contribution in [3.63, 3.8) is 0 Å². The summed E-state index contributed by atoms with van der Waals surface area (Å²) < 4.78 is 0. The van der Waals surface area contributed by atoms with E-state index in [9.17, 15) is 5.11 Å². The van der Waals surface area contributed by atoms with Crippen molar-refractivity contribution in [3.8, 4) is 0 Å². The molecule has 0 radical (unpaired) electrons. The van der Waals surface area contributed by atoms with Gasteiger partial charge >= 0.3 is 0 Å². The predicted octanol–water partition coefficient (Wildman–Crippen LogP) is 5.48. The Hall–Kier alpha value is -2.21. The Labute approximate surface area is 176 Å². The smallest absolute Gasteiger partial charge is 0.112 e. The largest absolute Gasteiger partial charge is 0.393 e. The third kappa shape index (κ3) is 5.66. The number of allylic oxidation sites excluding steroid dienone is 2. The highest BCUT2D eigenvalue weighted by Crippen LogP contribution is 2.55. The van der Waals surface area contributed by atoms with Gasteiger partial charge in [-0.2, -0.15) is 0 Å². The monoisotopic (exact) mass is 403 g/mol. The van der Waals surface area contributed by atoms with Crippen LogP contribution in [0.1, 0.15) is 32.6 Å². The first-order valence-corrected chi connectivity index (χ1v) is 12.6. The van der Waals surface area contributed by atoms with E-state index in [1.54, 1.807) is 0 Å². The van der Waals surface area contributed by atoms with Gasteiger partial charge in [0.05, 0.1) is 12.3 Å². The van der Waals surface area contributed by atoms with Crippen LogP contribution in [-0.2, 0) is 0 Å². The van der Waals surface area contributed by atoms with Gasteiger partial charge in [0.2, 0.25) is 0 Å². The van der Waals surface area contributed by atoms with E-state index in [2.05, 4.69) is 103 Å². The number of benzene rings is 3. The van der Waals surface area contributed by atoms with E-state index in [-0.39, 0.29) is 6.10 Å². The number of hydrogen-bond acceptors (Lipinski definition) is 1. The zero-order valence-corrected chi connectivity index (χ0v) is 18.2.